The van der Waals surface area contributed by atoms with Gasteiger partial charge < -0.3 is 14.9 Å². The topological polar surface area (TPSA) is 84.6 Å². The number of para-hydroxylation sites is 1. The molecule has 0 saturated carbocycles. The summed E-state index contributed by atoms with van der Waals surface area (Å²) >= 11 is 7.25. The fourth-order valence-electron chi connectivity index (χ4n) is 3.63. The molecule has 2 N–H and O–H groups in total. The molecule has 0 fully saturated rings. The number of thiazole rings is 1. The van der Waals surface area contributed by atoms with Gasteiger partial charge in [0.05, 0.1) is 21.5 Å². The molecule has 5 aromatic rings. The molecule has 170 valence electrons. The molecule has 0 aliphatic carbocycles. The van der Waals surface area contributed by atoms with Gasteiger partial charge in [0, 0.05) is 10.6 Å². The van der Waals surface area contributed by atoms with Crippen molar-refractivity contribution < 1.29 is 24.1 Å². The fraction of sp³-hybridized carbons (Fsp3) is 0.0400. The lowest BCUT2D eigenvalue weighted by molar-refractivity contribution is 0.0919. The van der Waals surface area contributed by atoms with Crippen molar-refractivity contribution in [1.29, 1.82) is 0 Å². The highest BCUT2D eigenvalue weighted by molar-refractivity contribution is 7.20. The van der Waals surface area contributed by atoms with E-state index in [1.54, 1.807) is 54.6 Å². The van der Waals surface area contributed by atoms with Crippen LogP contribution in [0.15, 0.2) is 72.8 Å². The van der Waals surface area contributed by atoms with E-state index < -0.39 is 29.8 Å². The smallest absolute Gasteiger partial charge is 0.242 e. The number of hydrogen-bond acceptors (Lipinski definition) is 6. The second kappa shape index (κ2) is 8.81. The first-order valence-corrected chi connectivity index (χ1v) is 11.3. The van der Waals surface area contributed by atoms with Crippen molar-refractivity contribution in [1.82, 2.24) is 9.55 Å². The number of ketones is 1. The molecule has 3 aromatic carbocycles. The van der Waals surface area contributed by atoms with E-state index in [-0.39, 0.29) is 22.0 Å². The molecule has 0 aliphatic rings. The van der Waals surface area contributed by atoms with Gasteiger partial charge in [-0.3, -0.25) is 9.36 Å². The predicted molar refractivity (Wildman–Crippen MR) is 129 cm³/mol. The number of ether oxygens (including phenoxy) is 1. The Kier molecular flexibility index (Phi) is 5.69. The highest BCUT2D eigenvalue weighted by atomic mass is 35.5. The Morgan fingerprint density at radius 1 is 1.06 bits per heavy atom. The van der Waals surface area contributed by atoms with E-state index in [0.717, 1.165) is 4.70 Å². The molecular weight excluding hydrogens is 479 g/mol. The Hall–Kier alpha value is -3.88. The minimum absolute atomic E-state index is 0.0125. The van der Waals surface area contributed by atoms with Crippen LogP contribution in [-0.4, -0.2) is 32.2 Å². The van der Waals surface area contributed by atoms with Crippen LogP contribution >= 0.6 is 22.9 Å². The average molecular weight is 495 g/mol. The molecule has 2 aromatic heterocycles. The Labute approximate surface area is 202 Å². The normalized spacial score (nSPS) is 11.1. The van der Waals surface area contributed by atoms with E-state index in [0.29, 0.717) is 16.3 Å². The summed E-state index contributed by atoms with van der Waals surface area (Å²) in [5.74, 6) is -2.14. The number of Topliss-reactive ketones (excluding diaryl/α,β-unsaturated/α-hetero) is 1. The lowest BCUT2D eigenvalue weighted by Crippen LogP contribution is -2.13. The Balaban J connectivity index is 1.68. The van der Waals surface area contributed by atoms with Crippen LogP contribution in [0.25, 0.3) is 26.6 Å². The van der Waals surface area contributed by atoms with E-state index in [1.807, 2.05) is 0 Å². The maximum atomic E-state index is 14.9. The molecule has 2 heterocycles. The quantitative estimate of drug-likeness (QED) is 0.274. The van der Waals surface area contributed by atoms with Gasteiger partial charge in [-0.1, -0.05) is 53.3 Å². The van der Waals surface area contributed by atoms with Crippen molar-refractivity contribution in [2.45, 2.75) is 0 Å². The van der Waals surface area contributed by atoms with Crippen LogP contribution in [0.3, 0.4) is 0 Å². The molecule has 6 nitrogen and oxygen atoms in total. The lowest BCUT2D eigenvalue weighted by Gasteiger charge is -2.10. The van der Waals surface area contributed by atoms with E-state index in [1.165, 1.54) is 34.1 Å². The van der Waals surface area contributed by atoms with E-state index in [9.17, 15) is 19.4 Å². The van der Waals surface area contributed by atoms with Gasteiger partial charge >= 0.3 is 0 Å². The summed E-state index contributed by atoms with van der Waals surface area (Å²) in [5.41, 5.74) is 0.311. The van der Waals surface area contributed by atoms with Gasteiger partial charge in [0.1, 0.15) is 11.6 Å². The van der Waals surface area contributed by atoms with Gasteiger partial charge in [0.2, 0.25) is 11.7 Å². The van der Waals surface area contributed by atoms with Crippen molar-refractivity contribution in [3.63, 3.8) is 0 Å². The maximum Gasteiger partial charge on any atom is 0.242 e. The summed E-state index contributed by atoms with van der Waals surface area (Å²) in [4.78, 5) is 17.7. The lowest BCUT2D eigenvalue weighted by atomic mass is 10.0. The van der Waals surface area contributed by atoms with Gasteiger partial charge in [-0.15, -0.1) is 0 Å². The molecule has 0 spiro atoms. The molecular formula is C25H16ClFN2O4S. The molecule has 0 saturated heterocycles. The van der Waals surface area contributed by atoms with Gasteiger partial charge in [-0.25, -0.2) is 9.37 Å². The largest absolute Gasteiger partial charge is 0.503 e. The van der Waals surface area contributed by atoms with Crippen LogP contribution in [0.5, 0.6) is 17.4 Å². The molecule has 0 atom stereocenters. The number of hydrogen-bond donors (Lipinski definition) is 2. The summed E-state index contributed by atoms with van der Waals surface area (Å²) < 4.78 is 22.3. The van der Waals surface area contributed by atoms with Crippen LogP contribution in [0.4, 0.5) is 4.39 Å². The second-order valence-electron chi connectivity index (χ2n) is 7.34. The first-order valence-electron chi connectivity index (χ1n) is 10.1. The molecule has 5 rings (SSSR count). The number of fused-ring (bicyclic) bond motifs is 1. The number of halogens is 2. The van der Waals surface area contributed by atoms with Crippen LogP contribution in [0.1, 0.15) is 10.4 Å². The van der Waals surface area contributed by atoms with Crippen molar-refractivity contribution in [3.05, 3.63) is 89.2 Å². The summed E-state index contributed by atoms with van der Waals surface area (Å²) in [7, 11) is 0. The number of nitrogens with zero attached hydrogens (tertiary/aromatic N) is 2. The van der Waals surface area contributed by atoms with Gasteiger partial charge in [-0.2, -0.15) is 0 Å². The number of rotatable bonds is 6. The van der Waals surface area contributed by atoms with E-state index in [2.05, 4.69) is 4.98 Å². The molecule has 0 aliphatic heterocycles. The second-order valence-corrected chi connectivity index (χ2v) is 8.79. The number of carbonyl (C=O) groups is 1. The van der Waals surface area contributed by atoms with E-state index >= 15 is 0 Å². The third-order valence-electron chi connectivity index (χ3n) is 5.17. The zero-order chi connectivity index (χ0) is 23.8. The molecule has 0 unspecified atom stereocenters. The Bertz CT molecular complexity index is 1530. The van der Waals surface area contributed by atoms with Crippen LogP contribution in [0, 0.1) is 5.82 Å². The van der Waals surface area contributed by atoms with Crippen molar-refractivity contribution >= 4 is 38.9 Å². The standard InChI is InChI=1S/C25H16ClFN2O4S/c26-14-10-11-18-20(12-14)34-25(28-18)29-22(16-8-4-5-9-17(16)27)21(23(31)24(29)32)19(30)13-33-15-6-2-1-3-7-15/h1-12,31-32H,13H2. The monoisotopic (exact) mass is 494 g/mol. The number of aromatic hydroxyl groups is 2. The van der Waals surface area contributed by atoms with Crippen LogP contribution in [0.2, 0.25) is 5.02 Å². The summed E-state index contributed by atoms with van der Waals surface area (Å²) in [5, 5.41) is 22.4. The van der Waals surface area contributed by atoms with Gasteiger partial charge in [-0.05, 0) is 42.5 Å². The molecule has 0 radical (unpaired) electrons. The average Bonchev–Trinajstić information content (AvgIpc) is 3.36. The number of aromatic nitrogens is 2. The van der Waals surface area contributed by atoms with Crippen LogP contribution in [-0.2, 0) is 0 Å². The maximum absolute atomic E-state index is 14.9. The highest BCUT2D eigenvalue weighted by Gasteiger charge is 2.31. The zero-order valence-corrected chi connectivity index (χ0v) is 19.0. The van der Waals surface area contributed by atoms with Gasteiger partial charge in [0.25, 0.3) is 0 Å². The summed E-state index contributed by atoms with van der Waals surface area (Å²) in [6.45, 7) is -0.433. The highest BCUT2D eigenvalue weighted by Crippen LogP contribution is 2.45. The number of benzene rings is 3. The fourth-order valence-corrected chi connectivity index (χ4v) is 4.88. The molecule has 0 amide bonds. The Morgan fingerprint density at radius 3 is 2.56 bits per heavy atom. The predicted octanol–water partition coefficient (Wildman–Crippen LogP) is 6.22. The van der Waals surface area contributed by atoms with E-state index in [4.69, 9.17) is 16.3 Å². The number of carbonyl (C=O) groups excluding carboxylic acids is 1. The summed E-state index contributed by atoms with van der Waals surface area (Å²) in [6, 6.07) is 19.6. The first kappa shape index (κ1) is 21.9. The third-order valence-corrected chi connectivity index (χ3v) is 6.41. The van der Waals surface area contributed by atoms with Gasteiger partial charge in [0.15, 0.2) is 17.5 Å². The first-order chi connectivity index (χ1) is 16.4. The SMILES string of the molecule is O=C(COc1ccccc1)c1c(O)c(O)n(-c2nc3ccc(Cl)cc3s2)c1-c1ccccc1F. The molecule has 0 bridgehead atoms. The van der Waals surface area contributed by atoms with Crippen LogP contribution < -0.4 is 4.74 Å². The Morgan fingerprint density at radius 2 is 1.79 bits per heavy atom. The van der Waals surface area contributed by atoms with Crippen molar-refractivity contribution in [2.24, 2.45) is 0 Å². The third kappa shape index (κ3) is 3.87. The van der Waals surface area contributed by atoms with Crippen molar-refractivity contribution in [2.75, 3.05) is 6.61 Å². The summed E-state index contributed by atoms with van der Waals surface area (Å²) in [6.07, 6.45) is 0. The molecule has 34 heavy (non-hydrogen) atoms. The van der Waals surface area contributed by atoms with Crippen molar-refractivity contribution in [3.8, 4) is 33.8 Å². The molecule has 9 heteroatoms. The minimum Gasteiger partial charge on any atom is -0.503 e. The zero-order valence-electron chi connectivity index (χ0n) is 17.4. The minimum atomic E-state index is -0.683.